The molecule has 2 aromatic heterocycles. The van der Waals surface area contributed by atoms with Crippen LogP contribution in [0.2, 0.25) is 5.02 Å². The van der Waals surface area contributed by atoms with Gasteiger partial charge in [-0.05, 0) is 36.2 Å². The van der Waals surface area contributed by atoms with Gasteiger partial charge in [-0.2, -0.15) is 0 Å². The first-order chi connectivity index (χ1) is 10.2. The summed E-state index contributed by atoms with van der Waals surface area (Å²) in [6.07, 6.45) is 4.41. The highest BCUT2D eigenvalue weighted by Crippen LogP contribution is 2.25. The molecule has 0 amide bonds. The van der Waals surface area contributed by atoms with Gasteiger partial charge in [0.2, 0.25) is 0 Å². The van der Waals surface area contributed by atoms with Gasteiger partial charge in [0, 0.05) is 31.2 Å². The van der Waals surface area contributed by atoms with Gasteiger partial charge in [-0.1, -0.05) is 17.7 Å². The number of rotatable bonds is 4. The Morgan fingerprint density at radius 2 is 2.10 bits per heavy atom. The third kappa shape index (κ3) is 2.76. The largest absolute Gasteiger partial charge is 0.323 e. The fourth-order valence-corrected chi connectivity index (χ4v) is 2.84. The highest BCUT2D eigenvalue weighted by Gasteiger charge is 2.13. The minimum atomic E-state index is 0.538. The van der Waals surface area contributed by atoms with Crippen LogP contribution < -0.4 is 0 Å². The summed E-state index contributed by atoms with van der Waals surface area (Å²) in [5, 5.41) is 0.675. The number of fused-ring (bicyclic) bond motifs is 1. The molecule has 0 saturated heterocycles. The van der Waals surface area contributed by atoms with E-state index in [4.69, 9.17) is 23.2 Å². The van der Waals surface area contributed by atoms with Gasteiger partial charge in [0.25, 0.3) is 0 Å². The van der Waals surface area contributed by atoms with E-state index in [0.29, 0.717) is 10.9 Å². The van der Waals surface area contributed by atoms with E-state index in [9.17, 15) is 0 Å². The summed E-state index contributed by atoms with van der Waals surface area (Å²) in [4.78, 5) is 8.80. The van der Waals surface area contributed by atoms with Gasteiger partial charge in [-0.15, -0.1) is 11.6 Å². The molecule has 0 spiro atoms. The molecule has 2 heterocycles. The average Bonchev–Trinajstić information content (AvgIpc) is 2.82. The first-order valence-corrected chi connectivity index (χ1v) is 7.71. The molecule has 0 bridgehead atoms. The molecule has 1 aromatic carbocycles. The van der Waals surface area contributed by atoms with Gasteiger partial charge in [0.15, 0.2) is 0 Å². The van der Waals surface area contributed by atoms with E-state index >= 15 is 0 Å². The second kappa shape index (κ2) is 6.04. The maximum atomic E-state index is 6.26. The zero-order valence-corrected chi connectivity index (χ0v) is 13.2. The molecule has 5 heteroatoms. The standard InChI is InChI=1S/C16H15Cl2N3/c1-11-9-19-8-6-12(11)10-21-14-4-2-3-13(18)16(14)20-15(21)5-7-17/h2-4,6,8-9H,5,7,10H2,1H3. The van der Waals surface area contributed by atoms with Crippen LogP contribution in [-0.2, 0) is 13.0 Å². The van der Waals surface area contributed by atoms with Crippen molar-refractivity contribution in [1.82, 2.24) is 14.5 Å². The van der Waals surface area contributed by atoms with Gasteiger partial charge in [-0.25, -0.2) is 4.98 Å². The number of aryl methyl sites for hydroxylation is 2. The van der Waals surface area contributed by atoms with Gasteiger partial charge in [0.05, 0.1) is 10.5 Å². The Balaban J connectivity index is 2.13. The Morgan fingerprint density at radius 1 is 1.24 bits per heavy atom. The Bertz CT molecular complexity index is 780. The first-order valence-electron chi connectivity index (χ1n) is 6.80. The summed E-state index contributed by atoms with van der Waals surface area (Å²) in [6.45, 7) is 2.81. The lowest BCUT2D eigenvalue weighted by Gasteiger charge is -2.10. The second-order valence-corrected chi connectivity index (χ2v) is 5.75. The van der Waals surface area contributed by atoms with E-state index in [1.54, 1.807) is 0 Å². The van der Waals surface area contributed by atoms with Crippen LogP contribution in [0, 0.1) is 6.92 Å². The van der Waals surface area contributed by atoms with Gasteiger partial charge < -0.3 is 4.57 Å². The Hall–Kier alpha value is -1.58. The second-order valence-electron chi connectivity index (χ2n) is 4.96. The van der Waals surface area contributed by atoms with E-state index < -0.39 is 0 Å². The molecule has 3 nitrogen and oxygen atoms in total. The molecule has 3 aromatic rings. The molecule has 0 aliphatic carbocycles. The number of benzene rings is 1. The quantitative estimate of drug-likeness (QED) is 0.674. The lowest BCUT2D eigenvalue weighted by atomic mass is 10.1. The molecule has 0 unspecified atom stereocenters. The number of pyridine rings is 1. The van der Waals surface area contributed by atoms with Crippen LogP contribution in [0.25, 0.3) is 11.0 Å². The van der Waals surface area contributed by atoms with Crippen molar-refractivity contribution in [3.8, 4) is 0 Å². The molecular weight excluding hydrogens is 305 g/mol. The van der Waals surface area contributed by atoms with E-state index in [2.05, 4.69) is 21.5 Å². The third-order valence-electron chi connectivity index (χ3n) is 3.59. The summed E-state index contributed by atoms with van der Waals surface area (Å²) in [6, 6.07) is 7.90. The highest BCUT2D eigenvalue weighted by molar-refractivity contribution is 6.34. The fourth-order valence-electron chi connectivity index (χ4n) is 2.46. The van der Waals surface area contributed by atoms with Gasteiger partial charge in [0.1, 0.15) is 11.3 Å². The maximum Gasteiger partial charge on any atom is 0.111 e. The summed E-state index contributed by atoms with van der Waals surface area (Å²) >= 11 is 12.2. The van der Waals surface area contributed by atoms with Crippen molar-refractivity contribution in [2.24, 2.45) is 0 Å². The lowest BCUT2D eigenvalue weighted by molar-refractivity contribution is 0.750. The summed E-state index contributed by atoms with van der Waals surface area (Å²) in [5.74, 6) is 1.50. The van der Waals surface area contributed by atoms with Gasteiger partial charge >= 0.3 is 0 Å². The Kier molecular flexibility index (Phi) is 4.13. The molecule has 0 radical (unpaired) electrons. The molecule has 3 rings (SSSR count). The lowest BCUT2D eigenvalue weighted by Crippen LogP contribution is -2.07. The fraction of sp³-hybridized carbons (Fsp3) is 0.250. The normalized spacial score (nSPS) is 11.2. The molecule has 108 valence electrons. The minimum absolute atomic E-state index is 0.538. The monoisotopic (exact) mass is 319 g/mol. The summed E-state index contributed by atoms with van der Waals surface area (Å²) < 4.78 is 2.19. The number of hydrogen-bond donors (Lipinski definition) is 0. The SMILES string of the molecule is Cc1cnccc1Cn1c(CCCl)nc2c(Cl)cccc21. The number of alkyl halides is 1. The summed E-state index contributed by atoms with van der Waals surface area (Å²) in [7, 11) is 0. The van der Waals surface area contributed by atoms with Crippen LogP contribution in [0.5, 0.6) is 0 Å². The van der Waals surface area contributed by atoms with E-state index in [-0.39, 0.29) is 0 Å². The Morgan fingerprint density at radius 3 is 2.86 bits per heavy atom. The van der Waals surface area contributed by atoms with E-state index in [1.807, 2.05) is 36.7 Å². The molecule has 0 atom stereocenters. The van der Waals surface area contributed by atoms with Crippen molar-refractivity contribution in [1.29, 1.82) is 0 Å². The highest BCUT2D eigenvalue weighted by atomic mass is 35.5. The number of imidazole rings is 1. The predicted molar refractivity (Wildman–Crippen MR) is 87.2 cm³/mol. The number of hydrogen-bond acceptors (Lipinski definition) is 2. The van der Waals surface area contributed by atoms with Crippen LogP contribution in [0.4, 0.5) is 0 Å². The van der Waals surface area contributed by atoms with E-state index in [1.165, 1.54) is 11.1 Å². The zero-order chi connectivity index (χ0) is 14.8. The summed E-state index contributed by atoms with van der Waals surface area (Å²) in [5.41, 5.74) is 4.27. The molecule has 0 N–H and O–H groups in total. The Labute approximate surface area is 133 Å². The van der Waals surface area contributed by atoms with Crippen molar-refractivity contribution in [2.75, 3.05) is 5.88 Å². The predicted octanol–water partition coefficient (Wildman–Crippen LogP) is 4.22. The molecule has 0 saturated carbocycles. The van der Waals surface area contributed by atoms with Crippen molar-refractivity contribution >= 4 is 34.2 Å². The number of aromatic nitrogens is 3. The van der Waals surface area contributed by atoms with Crippen molar-refractivity contribution in [3.05, 3.63) is 58.6 Å². The van der Waals surface area contributed by atoms with Gasteiger partial charge in [-0.3, -0.25) is 4.98 Å². The molecular formula is C16H15Cl2N3. The van der Waals surface area contributed by atoms with Crippen molar-refractivity contribution < 1.29 is 0 Å². The third-order valence-corrected chi connectivity index (χ3v) is 4.09. The van der Waals surface area contributed by atoms with Crippen LogP contribution in [-0.4, -0.2) is 20.4 Å². The number of nitrogens with zero attached hydrogens (tertiary/aromatic N) is 3. The average molecular weight is 320 g/mol. The zero-order valence-electron chi connectivity index (χ0n) is 11.7. The molecule has 0 aliphatic heterocycles. The topological polar surface area (TPSA) is 30.7 Å². The van der Waals surface area contributed by atoms with Crippen LogP contribution in [0.15, 0.2) is 36.7 Å². The minimum Gasteiger partial charge on any atom is -0.323 e. The number of para-hydroxylation sites is 1. The molecule has 0 fully saturated rings. The van der Waals surface area contributed by atoms with Crippen molar-refractivity contribution in [2.45, 2.75) is 19.9 Å². The molecule has 21 heavy (non-hydrogen) atoms. The molecule has 0 aliphatic rings. The van der Waals surface area contributed by atoms with Crippen LogP contribution >= 0.6 is 23.2 Å². The van der Waals surface area contributed by atoms with Crippen LogP contribution in [0.3, 0.4) is 0 Å². The number of halogens is 2. The van der Waals surface area contributed by atoms with Crippen molar-refractivity contribution in [3.63, 3.8) is 0 Å². The maximum absolute atomic E-state index is 6.26. The first kappa shape index (κ1) is 14.4. The van der Waals surface area contributed by atoms with E-state index in [0.717, 1.165) is 29.8 Å². The van der Waals surface area contributed by atoms with Crippen LogP contribution in [0.1, 0.15) is 17.0 Å². The smallest absolute Gasteiger partial charge is 0.111 e.